The third kappa shape index (κ3) is 4.64. The van der Waals surface area contributed by atoms with Crippen molar-refractivity contribution in [3.05, 3.63) is 68.1 Å². The molecule has 0 spiro atoms. The molecule has 0 saturated carbocycles. The first-order chi connectivity index (χ1) is 16.5. The van der Waals surface area contributed by atoms with Gasteiger partial charge in [0.2, 0.25) is 0 Å². The number of hydrogen-bond acceptors (Lipinski definition) is 7. The third-order valence-corrected chi connectivity index (χ3v) is 7.96. The van der Waals surface area contributed by atoms with Crippen molar-refractivity contribution >= 4 is 40.3 Å². The average Bonchev–Trinajstić information content (AvgIpc) is 3.59. The Balaban J connectivity index is 1.18. The lowest BCUT2D eigenvalue weighted by atomic mass is 9.97. The van der Waals surface area contributed by atoms with Crippen LogP contribution in [-0.2, 0) is 0 Å². The first-order valence-corrected chi connectivity index (χ1v) is 12.8. The van der Waals surface area contributed by atoms with Crippen LogP contribution in [0.2, 0.25) is 0 Å². The van der Waals surface area contributed by atoms with Crippen molar-refractivity contribution in [2.75, 3.05) is 18.4 Å². The van der Waals surface area contributed by atoms with E-state index >= 15 is 0 Å². The van der Waals surface area contributed by atoms with Crippen LogP contribution in [0.25, 0.3) is 11.3 Å². The van der Waals surface area contributed by atoms with Crippen molar-refractivity contribution in [2.24, 2.45) is 0 Å². The Morgan fingerprint density at radius 2 is 1.88 bits per heavy atom. The fourth-order valence-electron chi connectivity index (χ4n) is 4.11. The van der Waals surface area contributed by atoms with E-state index < -0.39 is 0 Å². The molecular weight excluding hydrogens is 468 g/mol. The van der Waals surface area contributed by atoms with Crippen LogP contribution in [0.5, 0.6) is 0 Å². The van der Waals surface area contributed by atoms with Crippen molar-refractivity contribution in [2.45, 2.75) is 32.6 Å². The molecule has 8 nitrogen and oxygen atoms in total. The predicted molar refractivity (Wildman–Crippen MR) is 134 cm³/mol. The number of likely N-dealkylation sites (tertiary alicyclic amines) is 1. The lowest BCUT2D eigenvalue weighted by Crippen LogP contribution is -2.37. The van der Waals surface area contributed by atoms with Gasteiger partial charge in [0.05, 0.1) is 21.4 Å². The molecule has 1 saturated heterocycles. The molecule has 34 heavy (non-hydrogen) atoms. The van der Waals surface area contributed by atoms with Crippen LogP contribution in [0, 0.1) is 13.8 Å². The third-order valence-electron chi connectivity index (χ3n) is 5.89. The summed E-state index contributed by atoms with van der Waals surface area (Å²) in [4.78, 5) is 37.2. The lowest BCUT2D eigenvalue weighted by Gasteiger charge is -2.30. The van der Waals surface area contributed by atoms with Crippen molar-refractivity contribution in [3.8, 4) is 11.3 Å². The number of aromatic amines is 1. The zero-order valence-electron chi connectivity index (χ0n) is 18.9. The minimum absolute atomic E-state index is 0.0645. The number of benzene rings is 1. The zero-order valence-corrected chi connectivity index (χ0v) is 20.5. The number of aryl methyl sites for hydroxylation is 2. The van der Waals surface area contributed by atoms with Crippen molar-refractivity contribution in [1.29, 1.82) is 0 Å². The van der Waals surface area contributed by atoms with E-state index in [9.17, 15) is 9.59 Å². The normalized spacial score (nSPS) is 14.4. The maximum Gasteiger partial charge on any atom is 0.276 e. The summed E-state index contributed by atoms with van der Waals surface area (Å²) in [6, 6.07) is 11.6. The molecule has 1 aromatic carbocycles. The molecule has 0 radical (unpaired) electrons. The minimum atomic E-state index is -0.280. The highest BCUT2D eigenvalue weighted by Gasteiger charge is 2.28. The van der Waals surface area contributed by atoms with Gasteiger partial charge in [0, 0.05) is 30.5 Å². The molecule has 1 aliphatic rings. The molecule has 4 aromatic rings. The first-order valence-electron chi connectivity index (χ1n) is 11.1. The summed E-state index contributed by atoms with van der Waals surface area (Å²) in [5.74, 6) is 0.487. The monoisotopic (exact) mass is 492 g/mol. The molecule has 3 aromatic heterocycles. The second-order valence-corrected chi connectivity index (χ2v) is 10.4. The van der Waals surface area contributed by atoms with Gasteiger partial charge in [-0.2, -0.15) is 5.10 Å². The summed E-state index contributed by atoms with van der Waals surface area (Å²) in [5, 5.41) is 13.6. The van der Waals surface area contributed by atoms with E-state index in [1.807, 2.05) is 49.1 Å². The fraction of sp³-hybridized carbons (Fsp3) is 0.292. The SMILES string of the molecule is Cc1nc(C)c(C(=O)N2CCC(c3nc(C(=O)Nc4cc(-c5ccccc5)[nH]n4)cs3)CC2)s1. The smallest absolute Gasteiger partial charge is 0.276 e. The fourth-order valence-corrected chi connectivity index (χ4v) is 5.97. The number of rotatable bonds is 5. The van der Waals surface area contributed by atoms with Crippen molar-refractivity contribution in [1.82, 2.24) is 25.1 Å². The lowest BCUT2D eigenvalue weighted by molar-refractivity contribution is 0.0717. The Morgan fingerprint density at radius 3 is 2.59 bits per heavy atom. The molecule has 1 aliphatic heterocycles. The molecule has 0 atom stereocenters. The van der Waals surface area contributed by atoms with E-state index in [0.717, 1.165) is 44.7 Å². The van der Waals surface area contributed by atoms with Crippen molar-refractivity contribution in [3.63, 3.8) is 0 Å². The summed E-state index contributed by atoms with van der Waals surface area (Å²) < 4.78 is 0. The van der Waals surface area contributed by atoms with Crippen LogP contribution in [0.1, 0.15) is 54.6 Å². The number of carbonyl (C=O) groups excluding carboxylic acids is 2. The number of anilines is 1. The number of aromatic nitrogens is 4. The number of thiazole rings is 2. The number of piperidine rings is 1. The van der Waals surface area contributed by atoms with Gasteiger partial charge in [0.15, 0.2) is 5.82 Å². The van der Waals surface area contributed by atoms with Gasteiger partial charge >= 0.3 is 0 Å². The van der Waals surface area contributed by atoms with Crippen LogP contribution in [0.15, 0.2) is 41.8 Å². The Morgan fingerprint density at radius 1 is 1.12 bits per heavy atom. The van der Waals surface area contributed by atoms with Crippen LogP contribution in [0.4, 0.5) is 5.82 Å². The van der Waals surface area contributed by atoms with Crippen LogP contribution < -0.4 is 5.32 Å². The van der Waals surface area contributed by atoms with Gasteiger partial charge < -0.3 is 10.2 Å². The quantitative estimate of drug-likeness (QED) is 0.413. The summed E-state index contributed by atoms with van der Waals surface area (Å²) >= 11 is 2.95. The molecule has 0 unspecified atom stereocenters. The first kappa shape index (κ1) is 22.4. The summed E-state index contributed by atoms with van der Waals surface area (Å²) in [5.41, 5.74) is 3.02. The van der Waals surface area contributed by atoms with Crippen LogP contribution in [0.3, 0.4) is 0 Å². The van der Waals surface area contributed by atoms with Gasteiger partial charge in [0.25, 0.3) is 11.8 Å². The molecule has 2 N–H and O–H groups in total. The van der Waals surface area contributed by atoms with E-state index in [2.05, 4.69) is 25.5 Å². The van der Waals surface area contributed by atoms with Gasteiger partial charge in [-0.1, -0.05) is 30.3 Å². The second-order valence-electron chi connectivity index (χ2n) is 8.27. The number of nitrogens with zero attached hydrogens (tertiary/aromatic N) is 4. The topological polar surface area (TPSA) is 104 Å². The number of nitrogens with one attached hydrogen (secondary N) is 2. The molecule has 174 valence electrons. The van der Waals surface area contributed by atoms with E-state index in [4.69, 9.17) is 0 Å². The number of amides is 2. The van der Waals surface area contributed by atoms with E-state index in [1.165, 1.54) is 22.7 Å². The molecule has 5 rings (SSSR count). The summed E-state index contributed by atoms with van der Waals surface area (Å²) in [6.07, 6.45) is 1.66. The Hall–Kier alpha value is -3.37. The Labute approximate surface area is 205 Å². The van der Waals surface area contributed by atoms with Gasteiger partial charge in [-0.25, -0.2) is 9.97 Å². The van der Waals surface area contributed by atoms with E-state index in [-0.39, 0.29) is 17.7 Å². The predicted octanol–water partition coefficient (Wildman–Crippen LogP) is 4.88. The highest BCUT2D eigenvalue weighted by Crippen LogP contribution is 2.32. The zero-order chi connectivity index (χ0) is 23.7. The molecule has 10 heteroatoms. The maximum atomic E-state index is 12.9. The van der Waals surface area contributed by atoms with Crippen LogP contribution in [-0.4, -0.2) is 50.0 Å². The second kappa shape index (κ2) is 9.47. The van der Waals surface area contributed by atoms with Gasteiger partial charge in [0.1, 0.15) is 10.6 Å². The number of hydrogen-bond donors (Lipinski definition) is 2. The molecular formula is C24H24N6O2S2. The van der Waals surface area contributed by atoms with Crippen LogP contribution >= 0.6 is 22.7 Å². The number of carbonyl (C=O) groups is 2. The van der Waals surface area contributed by atoms with Gasteiger partial charge in [-0.05, 0) is 32.3 Å². The number of H-pyrrole nitrogens is 1. The average molecular weight is 493 g/mol. The largest absolute Gasteiger partial charge is 0.338 e. The summed E-state index contributed by atoms with van der Waals surface area (Å²) in [6.45, 7) is 5.16. The van der Waals surface area contributed by atoms with E-state index in [0.29, 0.717) is 24.6 Å². The van der Waals surface area contributed by atoms with Crippen molar-refractivity contribution < 1.29 is 9.59 Å². The molecule has 0 aliphatic carbocycles. The highest BCUT2D eigenvalue weighted by atomic mass is 32.1. The van der Waals surface area contributed by atoms with E-state index in [1.54, 1.807) is 11.4 Å². The Kier molecular flexibility index (Phi) is 6.25. The maximum absolute atomic E-state index is 12.9. The highest BCUT2D eigenvalue weighted by molar-refractivity contribution is 7.13. The standard InChI is InChI=1S/C24H24N6O2S2/c1-14-21(34-15(2)25-14)24(32)30-10-8-17(9-11-30)23-26-19(13-33-23)22(31)27-20-12-18(28-29-20)16-6-4-3-5-7-16/h3-7,12-13,17H,8-11H2,1-2H3,(H2,27,28,29,31). The summed E-state index contributed by atoms with van der Waals surface area (Å²) in [7, 11) is 0. The molecule has 1 fully saturated rings. The molecule has 0 bridgehead atoms. The van der Waals surface area contributed by atoms with Gasteiger partial charge in [-0.15, -0.1) is 22.7 Å². The molecule has 4 heterocycles. The Bertz CT molecular complexity index is 1320. The minimum Gasteiger partial charge on any atom is -0.338 e. The molecule has 2 amide bonds. The van der Waals surface area contributed by atoms with Gasteiger partial charge in [-0.3, -0.25) is 14.7 Å².